The number of anilines is 1. The lowest BCUT2D eigenvalue weighted by Gasteiger charge is -2.35. The van der Waals surface area contributed by atoms with Gasteiger partial charge in [0.05, 0.1) is 11.3 Å². The Hall–Kier alpha value is -3.44. The third-order valence-electron chi connectivity index (χ3n) is 4.79. The van der Waals surface area contributed by atoms with Crippen LogP contribution in [0.4, 0.5) is 23.9 Å². The van der Waals surface area contributed by atoms with Crippen LogP contribution in [0, 0.1) is 12.3 Å². The molecule has 1 aliphatic rings. The molecule has 1 aromatic carbocycles. The summed E-state index contributed by atoms with van der Waals surface area (Å²) in [5.74, 6) is 0.0167. The van der Waals surface area contributed by atoms with Crippen LogP contribution in [0.3, 0.4) is 0 Å². The van der Waals surface area contributed by atoms with Gasteiger partial charge in [0.2, 0.25) is 5.95 Å². The zero-order chi connectivity index (χ0) is 22.1. The number of alkyl halides is 3. The second-order valence-electron chi connectivity index (χ2n) is 6.82. The molecule has 0 aliphatic carbocycles. The summed E-state index contributed by atoms with van der Waals surface area (Å²) in [7, 11) is 1.58. The topological polar surface area (TPSA) is 113 Å². The smallest absolute Gasteiger partial charge is 0.416 e. The summed E-state index contributed by atoms with van der Waals surface area (Å²) in [6.45, 7) is 3.76. The van der Waals surface area contributed by atoms with E-state index < -0.39 is 17.5 Å². The monoisotopic (exact) mass is 425 g/mol. The second-order valence-corrected chi connectivity index (χ2v) is 6.82. The number of carbonyl (C=O) groups is 1. The number of nitrogens with one attached hydrogen (secondary N) is 3. The first-order valence-electron chi connectivity index (χ1n) is 9.14. The van der Waals surface area contributed by atoms with Gasteiger partial charge in [0.25, 0.3) is 0 Å². The van der Waals surface area contributed by atoms with Crippen molar-refractivity contribution >= 4 is 23.9 Å². The number of piperazine rings is 1. The predicted octanol–water partition coefficient (Wildman–Crippen LogP) is 2.24. The third kappa shape index (κ3) is 4.42. The van der Waals surface area contributed by atoms with Gasteiger partial charge in [0.15, 0.2) is 0 Å². The van der Waals surface area contributed by atoms with Crippen LogP contribution in [0.25, 0.3) is 6.20 Å². The van der Waals surface area contributed by atoms with E-state index in [1.807, 2.05) is 4.90 Å². The molecule has 2 amide bonds. The van der Waals surface area contributed by atoms with Crippen LogP contribution in [-0.2, 0) is 6.18 Å². The van der Waals surface area contributed by atoms with E-state index in [0.717, 1.165) is 6.07 Å². The molecular weight excluding hydrogens is 403 g/mol. The molecule has 162 valence electrons. The Morgan fingerprint density at radius 3 is 2.47 bits per heavy atom. The van der Waals surface area contributed by atoms with E-state index in [-0.39, 0.29) is 22.9 Å². The number of urea groups is 1. The molecule has 3 rings (SSSR count). The van der Waals surface area contributed by atoms with Crippen molar-refractivity contribution in [2.45, 2.75) is 13.1 Å². The molecular formula is C18H22F3N7O2. The highest BCUT2D eigenvalue weighted by atomic mass is 19.4. The van der Waals surface area contributed by atoms with Crippen molar-refractivity contribution in [1.82, 2.24) is 25.2 Å². The van der Waals surface area contributed by atoms with Crippen LogP contribution < -0.4 is 10.2 Å². The highest BCUT2D eigenvalue weighted by Gasteiger charge is 2.32. The summed E-state index contributed by atoms with van der Waals surface area (Å²) < 4.78 is 38.5. The normalized spacial score (nSPS) is 15.1. The van der Waals surface area contributed by atoms with Crippen LogP contribution in [0.2, 0.25) is 0 Å². The number of amides is 2. The van der Waals surface area contributed by atoms with Crippen LogP contribution >= 0.6 is 0 Å². The highest BCUT2D eigenvalue weighted by Crippen LogP contribution is 2.34. The molecule has 12 heteroatoms. The van der Waals surface area contributed by atoms with Gasteiger partial charge in [0.1, 0.15) is 5.75 Å². The minimum atomic E-state index is -4.57. The summed E-state index contributed by atoms with van der Waals surface area (Å²) in [4.78, 5) is 16.6. The molecule has 0 saturated carbocycles. The van der Waals surface area contributed by atoms with E-state index >= 15 is 0 Å². The number of phenolic OH excluding ortho intramolecular Hbond substituents is 1. The molecule has 1 aliphatic heterocycles. The molecule has 1 aromatic heterocycles. The lowest BCUT2D eigenvalue weighted by atomic mass is 9.99. The van der Waals surface area contributed by atoms with Crippen molar-refractivity contribution in [3.05, 3.63) is 34.9 Å². The van der Waals surface area contributed by atoms with E-state index in [0.29, 0.717) is 38.2 Å². The molecule has 30 heavy (non-hydrogen) atoms. The van der Waals surface area contributed by atoms with Crippen LogP contribution in [0.5, 0.6) is 5.75 Å². The van der Waals surface area contributed by atoms with Crippen molar-refractivity contribution in [2.24, 2.45) is 0 Å². The number of allylic oxidation sites excluding steroid dienone is 1. The first-order valence-corrected chi connectivity index (χ1v) is 9.14. The fourth-order valence-corrected chi connectivity index (χ4v) is 3.20. The molecule has 0 radical (unpaired) electrons. The molecule has 0 spiro atoms. The van der Waals surface area contributed by atoms with Gasteiger partial charge in [-0.2, -0.15) is 18.0 Å². The van der Waals surface area contributed by atoms with Gasteiger partial charge in [-0.1, -0.05) is 0 Å². The van der Waals surface area contributed by atoms with Gasteiger partial charge >= 0.3 is 12.2 Å². The first kappa shape index (κ1) is 21.3. The summed E-state index contributed by atoms with van der Waals surface area (Å²) in [5, 5.41) is 27.8. The van der Waals surface area contributed by atoms with Gasteiger partial charge in [-0.15, -0.1) is 5.10 Å². The van der Waals surface area contributed by atoms with Crippen molar-refractivity contribution in [3.63, 3.8) is 0 Å². The largest absolute Gasteiger partial charge is 0.507 e. The van der Waals surface area contributed by atoms with Gasteiger partial charge in [-0.3, -0.25) is 0 Å². The van der Waals surface area contributed by atoms with Crippen molar-refractivity contribution in [3.8, 4) is 5.75 Å². The number of phenols is 1. The first-order chi connectivity index (χ1) is 14.1. The van der Waals surface area contributed by atoms with E-state index in [4.69, 9.17) is 5.41 Å². The second kappa shape index (κ2) is 8.13. The number of aromatic amines is 1. The van der Waals surface area contributed by atoms with Crippen molar-refractivity contribution < 1.29 is 23.1 Å². The number of carbonyl (C=O) groups excluding carboxylic acids is 1. The number of aryl methyl sites for hydroxylation is 1. The number of H-pyrrole nitrogens is 1. The number of hydrogen-bond donors (Lipinski definition) is 4. The number of aromatic nitrogens is 3. The van der Waals surface area contributed by atoms with Gasteiger partial charge in [0, 0.05) is 45.0 Å². The molecule has 2 heterocycles. The van der Waals surface area contributed by atoms with Gasteiger partial charge in [-0.25, -0.2) is 9.89 Å². The van der Waals surface area contributed by atoms with Crippen LogP contribution in [-0.4, -0.2) is 70.0 Å². The Balaban J connectivity index is 1.62. The average molecular weight is 425 g/mol. The fraction of sp³-hybridized carbons (Fsp3) is 0.389. The molecule has 4 N–H and O–H groups in total. The number of nitrogens with zero attached hydrogens (tertiary/aromatic N) is 4. The quantitative estimate of drug-likeness (QED) is 0.563. The van der Waals surface area contributed by atoms with Crippen LogP contribution in [0.1, 0.15) is 16.7 Å². The molecule has 0 unspecified atom stereocenters. The number of rotatable bonds is 4. The Morgan fingerprint density at radius 1 is 1.30 bits per heavy atom. The Bertz CT molecular complexity index is 934. The SMILES string of the molecule is CNC(=O)N1CCN(c2nn(/C=C\C(=N)c3c(C)cc(C(F)(F)F)cc3O)[nH]2)CC1. The van der Waals surface area contributed by atoms with Crippen molar-refractivity contribution in [2.75, 3.05) is 38.1 Å². The Labute approximate surface area is 170 Å². The van der Waals surface area contributed by atoms with Crippen molar-refractivity contribution in [1.29, 1.82) is 5.41 Å². The summed E-state index contributed by atoms with van der Waals surface area (Å²) >= 11 is 0. The third-order valence-corrected chi connectivity index (χ3v) is 4.79. The van der Waals surface area contributed by atoms with E-state index in [1.54, 1.807) is 11.9 Å². The summed E-state index contributed by atoms with van der Waals surface area (Å²) in [5.41, 5.74) is -0.947. The zero-order valence-corrected chi connectivity index (χ0v) is 16.4. The lowest BCUT2D eigenvalue weighted by Crippen LogP contribution is -2.52. The van der Waals surface area contributed by atoms with E-state index in [2.05, 4.69) is 15.5 Å². The zero-order valence-electron chi connectivity index (χ0n) is 16.4. The Kier molecular flexibility index (Phi) is 5.76. The average Bonchev–Trinajstić information content (AvgIpc) is 2.65. The molecule has 2 aromatic rings. The van der Waals surface area contributed by atoms with Gasteiger partial charge in [-0.05, 0) is 30.7 Å². The number of hydrogen-bond acceptors (Lipinski definition) is 5. The van der Waals surface area contributed by atoms with Gasteiger partial charge < -0.3 is 25.6 Å². The minimum absolute atomic E-state index is 0.0225. The summed E-state index contributed by atoms with van der Waals surface area (Å²) in [6.07, 6.45) is -1.81. The minimum Gasteiger partial charge on any atom is -0.507 e. The number of aromatic hydroxyl groups is 1. The maximum absolute atomic E-state index is 12.8. The van der Waals surface area contributed by atoms with E-state index in [1.165, 1.54) is 24.0 Å². The summed E-state index contributed by atoms with van der Waals surface area (Å²) in [6, 6.07) is 1.39. The molecule has 1 saturated heterocycles. The van der Waals surface area contributed by atoms with Crippen LogP contribution in [0.15, 0.2) is 18.2 Å². The Morgan fingerprint density at radius 2 is 1.93 bits per heavy atom. The highest BCUT2D eigenvalue weighted by molar-refractivity contribution is 6.10. The lowest BCUT2D eigenvalue weighted by molar-refractivity contribution is -0.137. The molecule has 0 bridgehead atoms. The van der Waals surface area contributed by atoms with E-state index in [9.17, 15) is 23.1 Å². The predicted molar refractivity (Wildman–Crippen MR) is 105 cm³/mol. The molecule has 0 atom stereocenters. The maximum Gasteiger partial charge on any atom is 0.416 e. The molecule has 9 nitrogen and oxygen atoms in total. The molecule has 1 fully saturated rings. The maximum atomic E-state index is 12.8. The number of benzene rings is 1. The standard InChI is InChI=1S/C18H22F3N7O2/c1-11-9-12(18(19,20)21)10-14(29)15(11)13(22)3-4-28-24-16(25-28)26-5-7-27(8-6-26)17(30)23-2/h3-4,9-10,22,29H,5-8H2,1-2H3,(H,23,30)(H,24,25)/b4-3-,22-13?. The fourth-order valence-electron chi connectivity index (χ4n) is 3.20. The number of halogens is 3.